The van der Waals surface area contributed by atoms with E-state index < -0.39 is 0 Å². The lowest BCUT2D eigenvalue weighted by Gasteiger charge is -2.38. The number of ether oxygens (including phenoxy) is 2. The molecule has 4 nitrogen and oxygen atoms in total. The Hall–Kier alpha value is -1.55. The molecule has 1 atom stereocenters. The molecule has 1 aromatic carbocycles. The molecule has 4 heteroatoms. The zero-order chi connectivity index (χ0) is 17.2. The zero-order valence-corrected chi connectivity index (χ0v) is 15.0. The van der Waals surface area contributed by atoms with Gasteiger partial charge in [0.1, 0.15) is 5.75 Å². The molecule has 2 aliphatic rings. The van der Waals surface area contributed by atoms with E-state index in [1.807, 2.05) is 12.1 Å². The quantitative estimate of drug-likeness (QED) is 0.896. The summed E-state index contributed by atoms with van der Waals surface area (Å²) < 4.78 is 11.2. The van der Waals surface area contributed by atoms with Crippen molar-refractivity contribution in [2.45, 2.75) is 63.5 Å². The van der Waals surface area contributed by atoms with Crippen molar-refractivity contribution in [1.29, 1.82) is 0 Å². The van der Waals surface area contributed by atoms with Crippen molar-refractivity contribution < 1.29 is 14.3 Å². The average Bonchev–Trinajstić information content (AvgIpc) is 2.49. The summed E-state index contributed by atoms with van der Waals surface area (Å²) in [5.74, 6) is 2.09. The van der Waals surface area contributed by atoms with Gasteiger partial charge in [-0.1, -0.05) is 18.2 Å². The first kappa shape index (κ1) is 17.3. The van der Waals surface area contributed by atoms with E-state index in [1.54, 1.807) is 7.11 Å². The Labute approximate surface area is 144 Å². The highest BCUT2D eigenvalue weighted by atomic mass is 16.5. The maximum Gasteiger partial charge on any atom is 0.220 e. The van der Waals surface area contributed by atoms with Crippen LogP contribution in [0.1, 0.15) is 57.4 Å². The van der Waals surface area contributed by atoms with E-state index in [-0.39, 0.29) is 11.5 Å². The third-order valence-electron chi connectivity index (χ3n) is 5.36. The summed E-state index contributed by atoms with van der Waals surface area (Å²) in [4.78, 5) is 12.3. The molecule has 0 spiro atoms. The molecule has 0 radical (unpaired) electrons. The maximum atomic E-state index is 12.3. The molecule has 24 heavy (non-hydrogen) atoms. The van der Waals surface area contributed by atoms with Crippen LogP contribution in [0.15, 0.2) is 24.3 Å². The van der Waals surface area contributed by atoms with Crippen LogP contribution in [0.2, 0.25) is 0 Å². The molecule has 1 unspecified atom stereocenters. The summed E-state index contributed by atoms with van der Waals surface area (Å²) in [5.41, 5.74) is 1.17. The van der Waals surface area contributed by atoms with Crippen molar-refractivity contribution >= 4 is 5.91 Å². The van der Waals surface area contributed by atoms with Gasteiger partial charge >= 0.3 is 0 Å². The minimum absolute atomic E-state index is 0.0887. The van der Waals surface area contributed by atoms with E-state index >= 15 is 0 Å². The fraction of sp³-hybridized carbons (Fsp3) is 0.650. The number of nitrogens with one attached hydrogen (secondary N) is 1. The van der Waals surface area contributed by atoms with Crippen molar-refractivity contribution in [3.8, 4) is 5.75 Å². The minimum Gasteiger partial charge on any atom is -0.496 e. The second kappa shape index (κ2) is 7.14. The zero-order valence-electron chi connectivity index (χ0n) is 15.0. The highest BCUT2D eigenvalue weighted by Crippen LogP contribution is 2.41. The van der Waals surface area contributed by atoms with Crippen LogP contribution in [0.4, 0.5) is 0 Å². The molecular weight excluding hydrogens is 302 g/mol. The first-order valence-corrected chi connectivity index (χ1v) is 9.03. The Morgan fingerprint density at radius 2 is 2.08 bits per heavy atom. The van der Waals surface area contributed by atoms with Gasteiger partial charge in [-0.15, -0.1) is 0 Å². The minimum atomic E-state index is -0.0887. The molecule has 0 bridgehead atoms. The van der Waals surface area contributed by atoms with Crippen molar-refractivity contribution in [1.82, 2.24) is 5.32 Å². The van der Waals surface area contributed by atoms with Crippen LogP contribution in [-0.2, 0) is 9.53 Å². The number of hydrogen-bond acceptors (Lipinski definition) is 3. The molecular formula is C20H29NO3. The summed E-state index contributed by atoms with van der Waals surface area (Å²) >= 11 is 0. The van der Waals surface area contributed by atoms with E-state index in [1.165, 1.54) is 5.56 Å². The van der Waals surface area contributed by atoms with Gasteiger partial charge in [0.25, 0.3) is 0 Å². The highest BCUT2D eigenvalue weighted by molar-refractivity contribution is 5.76. The largest absolute Gasteiger partial charge is 0.496 e. The lowest BCUT2D eigenvalue weighted by atomic mass is 9.75. The van der Waals surface area contributed by atoms with E-state index in [4.69, 9.17) is 9.47 Å². The molecule has 132 valence electrons. The lowest BCUT2D eigenvalue weighted by Crippen LogP contribution is -2.44. The molecule has 1 saturated carbocycles. The fourth-order valence-corrected chi connectivity index (χ4v) is 4.07. The van der Waals surface area contributed by atoms with Gasteiger partial charge in [-0.3, -0.25) is 4.79 Å². The lowest BCUT2D eigenvalue weighted by molar-refractivity contribution is -0.126. The molecule has 2 fully saturated rings. The van der Waals surface area contributed by atoms with E-state index in [0.29, 0.717) is 24.3 Å². The Balaban J connectivity index is 1.45. The highest BCUT2D eigenvalue weighted by Gasteiger charge is 2.34. The van der Waals surface area contributed by atoms with Crippen LogP contribution in [0.3, 0.4) is 0 Å². The third kappa shape index (κ3) is 4.10. The summed E-state index contributed by atoms with van der Waals surface area (Å²) in [6.45, 7) is 4.99. The number of amides is 1. The van der Waals surface area contributed by atoms with Crippen LogP contribution in [0.25, 0.3) is 0 Å². The van der Waals surface area contributed by atoms with Gasteiger partial charge in [-0.25, -0.2) is 0 Å². The molecule has 3 rings (SSSR count). The molecule has 1 aliphatic carbocycles. The molecule has 1 amide bonds. The molecule has 1 aliphatic heterocycles. The van der Waals surface area contributed by atoms with Crippen LogP contribution in [0.5, 0.6) is 5.75 Å². The second-order valence-corrected chi connectivity index (χ2v) is 7.85. The number of carbonyl (C=O) groups is 1. The first-order valence-electron chi connectivity index (χ1n) is 9.03. The van der Waals surface area contributed by atoms with Gasteiger partial charge in [0.05, 0.1) is 12.7 Å². The summed E-state index contributed by atoms with van der Waals surface area (Å²) in [7, 11) is 1.71. The van der Waals surface area contributed by atoms with Crippen molar-refractivity contribution in [3.63, 3.8) is 0 Å². The summed E-state index contributed by atoms with van der Waals surface area (Å²) in [6.07, 6.45) is 4.60. The average molecular weight is 331 g/mol. The SMILES string of the molecule is COc1ccccc1C1CC(NC(=O)CC2CCOC(C)(C)C2)C1. The monoisotopic (exact) mass is 331 g/mol. The maximum absolute atomic E-state index is 12.3. The first-order chi connectivity index (χ1) is 11.5. The van der Waals surface area contributed by atoms with Gasteiger partial charge in [0.15, 0.2) is 0 Å². The molecule has 1 aromatic rings. The standard InChI is InChI=1S/C20H29NO3/c1-20(2)13-14(8-9-24-20)10-19(22)21-16-11-15(12-16)17-6-4-5-7-18(17)23-3/h4-7,14-16H,8-13H2,1-3H3,(H,21,22). The van der Waals surface area contributed by atoms with Gasteiger partial charge in [-0.2, -0.15) is 0 Å². The number of hydrogen-bond donors (Lipinski definition) is 1. The van der Waals surface area contributed by atoms with E-state index in [0.717, 1.165) is 38.0 Å². The van der Waals surface area contributed by atoms with Crippen molar-refractivity contribution in [2.75, 3.05) is 13.7 Å². The Kier molecular flexibility index (Phi) is 5.14. The summed E-state index contributed by atoms with van der Waals surface area (Å²) in [5, 5.41) is 3.21. The van der Waals surface area contributed by atoms with E-state index in [9.17, 15) is 4.79 Å². The third-order valence-corrected chi connectivity index (χ3v) is 5.36. The van der Waals surface area contributed by atoms with Gasteiger partial charge in [0.2, 0.25) is 5.91 Å². The molecule has 0 aromatic heterocycles. The van der Waals surface area contributed by atoms with Crippen molar-refractivity contribution in [3.05, 3.63) is 29.8 Å². The number of carbonyl (C=O) groups excluding carboxylic acids is 1. The van der Waals surface area contributed by atoms with Crippen LogP contribution >= 0.6 is 0 Å². The number of para-hydroxylation sites is 1. The Morgan fingerprint density at radius 3 is 2.79 bits per heavy atom. The van der Waals surface area contributed by atoms with E-state index in [2.05, 4.69) is 31.3 Å². The Bertz CT molecular complexity index is 578. The topological polar surface area (TPSA) is 47.6 Å². The van der Waals surface area contributed by atoms with Gasteiger partial charge in [0, 0.05) is 19.1 Å². The number of benzene rings is 1. The normalized spacial score (nSPS) is 28.7. The van der Waals surface area contributed by atoms with Crippen LogP contribution in [0, 0.1) is 5.92 Å². The van der Waals surface area contributed by atoms with Crippen LogP contribution in [-0.4, -0.2) is 31.3 Å². The Morgan fingerprint density at radius 1 is 1.33 bits per heavy atom. The number of methoxy groups -OCH3 is 1. The number of rotatable bonds is 5. The van der Waals surface area contributed by atoms with Gasteiger partial charge < -0.3 is 14.8 Å². The molecule has 1 N–H and O–H groups in total. The van der Waals surface area contributed by atoms with Gasteiger partial charge in [-0.05, 0) is 63.0 Å². The molecule has 1 saturated heterocycles. The second-order valence-electron chi connectivity index (χ2n) is 7.85. The predicted octanol–water partition coefficient (Wildman–Crippen LogP) is 3.65. The molecule has 1 heterocycles. The fourth-order valence-electron chi connectivity index (χ4n) is 4.07. The summed E-state index contributed by atoms with van der Waals surface area (Å²) in [6, 6.07) is 8.49. The predicted molar refractivity (Wildman–Crippen MR) is 94.3 cm³/mol. The van der Waals surface area contributed by atoms with Crippen molar-refractivity contribution in [2.24, 2.45) is 5.92 Å². The van der Waals surface area contributed by atoms with Crippen LogP contribution < -0.4 is 10.1 Å². The smallest absolute Gasteiger partial charge is 0.220 e.